The summed E-state index contributed by atoms with van der Waals surface area (Å²) in [6.45, 7) is 1.15. The molecule has 0 bridgehead atoms. The van der Waals surface area contributed by atoms with Crippen LogP contribution in [-0.4, -0.2) is 68.2 Å². The van der Waals surface area contributed by atoms with Crippen LogP contribution in [0.25, 0.3) is 0 Å². The molecule has 0 aromatic heterocycles. The van der Waals surface area contributed by atoms with Crippen LogP contribution in [0.5, 0.6) is 11.5 Å². The van der Waals surface area contributed by atoms with Crippen molar-refractivity contribution in [2.45, 2.75) is 6.42 Å². The van der Waals surface area contributed by atoms with E-state index in [0.29, 0.717) is 36.9 Å². The fourth-order valence-corrected chi connectivity index (χ4v) is 3.35. The average Bonchev–Trinajstić information content (AvgIpc) is 3.31. The molecular formula is C18H19N3O7. The quantitative estimate of drug-likeness (QED) is 0.716. The van der Waals surface area contributed by atoms with Gasteiger partial charge in [0.25, 0.3) is 5.91 Å². The van der Waals surface area contributed by atoms with Gasteiger partial charge >= 0.3 is 12.0 Å². The number of esters is 1. The van der Waals surface area contributed by atoms with E-state index >= 15 is 0 Å². The van der Waals surface area contributed by atoms with Crippen molar-refractivity contribution in [1.29, 1.82) is 0 Å². The van der Waals surface area contributed by atoms with E-state index in [4.69, 9.17) is 14.2 Å². The van der Waals surface area contributed by atoms with Gasteiger partial charge in [0.1, 0.15) is 13.2 Å². The van der Waals surface area contributed by atoms with E-state index in [9.17, 15) is 19.2 Å². The number of fused-ring (bicyclic) bond motifs is 1. The van der Waals surface area contributed by atoms with Crippen molar-refractivity contribution < 1.29 is 33.4 Å². The Morgan fingerprint density at radius 3 is 2.71 bits per heavy atom. The number of rotatable bonds is 4. The number of anilines is 1. The average molecular weight is 389 g/mol. The Labute approximate surface area is 160 Å². The maximum Gasteiger partial charge on any atom is 0.324 e. The number of ether oxygens (including phenoxy) is 3. The molecule has 3 aliphatic heterocycles. The molecule has 0 unspecified atom stereocenters. The fraction of sp³-hybridized carbons (Fsp3) is 0.444. The second-order valence-corrected chi connectivity index (χ2v) is 6.62. The van der Waals surface area contributed by atoms with Crippen molar-refractivity contribution in [2.75, 3.05) is 44.4 Å². The highest BCUT2D eigenvalue weighted by Gasteiger charge is 2.37. The number of benzene rings is 1. The highest BCUT2D eigenvalue weighted by molar-refractivity contribution is 6.00. The largest absolute Gasteiger partial charge is 0.486 e. The molecule has 0 aliphatic carbocycles. The molecule has 10 heteroatoms. The van der Waals surface area contributed by atoms with Crippen LogP contribution in [-0.2, 0) is 19.1 Å². The number of hydrogen-bond donors (Lipinski definition) is 1. The second kappa shape index (κ2) is 7.37. The van der Waals surface area contributed by atoms with E-state index in [0.717, 1.165) is 4.90 Å². The number of urea groups is 1. The van der Waals surface area contributed by atoms with Crippen molar-refractivity contribution >= 4 is 29.5 Å². The smallest absolute Gasteiger partial charge is 0.324 e. The number of carbonyl (C=O) groups excluding carboxylic acids is 4. The van der Waals surface area contributed by atoms with E-state index in [1.54, 1.807) is 18.2 Å². The number of nitrogens with one attached hydrogen (secondary N) is 1. The summed E-state index contributed by atoms with van der Waals surface area (Å²) >= 11 is 0. The normalized spacial score (nSPS) is 20.9. The summed E-state index contributed by atoms with van der Waals surface area (Å²) < 4.78 is 16.0. The van der Waals surface area contributed by atoms with Crippen molar-refractivity contribution in [3.63, 3.8) is 0 Å². The van der Waals surface area contributed by atoms with Crippen molar-refractivity contribution in [1.82, 2.24) is 10.2 Å². The summed E-state index contributed by atoms with van der Waals surface area (Å²) in [5.74, 6) is -0.957. The van der Waals surface area contributed by atoms with Crippen LogP contribution in [0.1, 0.15) is 6.42 Å². The van der Waals surface area contributed by atoms with Gasteiger partial charge in [-0.25, -0.2) is 4.79 Å². The zero-order chi connectivity index (χ0) is 19.7. The third kappa shape index (κ3) is 3.45. The molecule has 0 radical (unpaired) electrons. The van der Waals surface area contributed by atoms with Gasteiger partial charge in [0.2, 0.25) is 5.91 Å². The van der Waals surface area contributed by atoms with E-state index in [-0.39, 0.29) is 25.4 Å². The summed E-state index contributed by atoms with van der Waals surface area (Å²) in [7, 11) is 0. The van der Waals surface area contributed by atoms with Crippen LogP contribution >= 0.6 is 0 Å². The van der Waals surface area contributed by atoms with Crippen molar-refractivity contribution in [3.05, 3.63) is 18.2 Å². The van der Waals surface area contributed by atoms with Gasteiger partial charge in [-0.15, -0.1) is 0 Å². The van der Waals surface area contributed by atoms with E-state index < -0.39 is 30.4 Å². The van der Waals surface area contributed by atoms with Gasteiger partial charge in [-0.1, -0.05) is 0 Å². The standard InChI is InChI=1S/C18H19N3O7/c22-15-7-11(17(24)28-10-16(23)20-4-3-19-18(20)25)9-21(15)12-1-2-13-14(8-12)27-6-5-26-13/h1-2,8,11H,3-7,9-10H2,(H,19,25)/t11-/m1/s1. The number of carbonyl (C=O) groups is 4. The molecule has 4 rings (SSSR count). The molecular weight excluding hydrogens is 370 g/mol. The minimum Gasteiger partial charge on any atom is -0.486 e. The number of nitrogens with zero attached hydrogens (tertiary/aromatic N) is 2. The Hall–Kier alpha value is -3.30. The van der Waals surface area contributed by atoms with E-state index in [1.807, 2.05) is 0 Å². The molecule has 4 amide bonds. The van der Waals surface area contributed by atoms with E-state index in [2.05, 4.69) is 5.32 Å². The van der Waals surface area contributed by atoms with Crippen LogP contribution in [0, 0.1) is 5.92 Å². The summed E-state index contributed by atoms with van der Waals surface area (Å²) in [6.07, 6.45) is -0.00827. The molecule has 28 heavy (non-hydrogen) atoms. The second-order valence-electron chi connectivity index (χ2n) is 6.62. The fourth-order valence-electron chi connectivity index (χ4n) is 3.35. The Balaban J connectivity index is 1.35. The molecule has 1 N–H and O–H groups in total. The molecule has 0 spiro atoms. The molecule has 3 heterocycles. The van der Waals surface area contributed by atoms with Crippen LogP contribution in [0.2, 0.25) is 0 Å². The third-order valence-corrected chi connectivity index (χ3v) is 4.79. The number of hydrogen-bond acceptors (Lipinski definition) is 7. The van der Waals surface area contributed by atoms with Crippen LogP contribution < -0.4 is 19.7 Å². The zero-order valence-electron chi connectivity index (χ0n) is 15.0. The van der Waals surface area contributed by atoms with Gasteiger partial charge < -0.3 is 24.4 Å². The van der Waals surface area contributed by atoms with Gasteiger partial charge in [-0.2, -0.15) is 0 Å². The SMILES string of the molecule is O=C(OCC(=O)N1CCNC1=O)[C@@H]1CC(=O)N(c2ccc3c(c2)OCCO3)C1. The summed E-state index contributed by atoms with van der Waals surface area (Å²) in [5.41, 5.74) is 0.606. The molecule has 1 aromatic rings. The number of amides is 4. The van der Waals surface area contributed by atoms with Crippen LogP contribution in [0.4, 0.5) is 10.5 Å². The van der Waals surface area contributed by atoms with Crippen molar-refractivity contribution in [2.24, 2.45) is 5.92 Å². The lowest BCUT2D eigenvalue weighted by atomic mass is 10.1. The first-order chi connectivity index (χ1) is 13.5. The predicted molar refractivity (Wildman–Crippen MR) is 94.0 cm³/mol. The Morgan fingerprint density at radius 2 is 1.96 bits per heavy atom. The van der Waals surface area contributed by atoms with Gasteiger partial charge in [-0.05, 0) is 12.1 Å². The Morgan fingerprint density at radius 1 is 1.18 bits per heavy atom. The maximum absolute atomic E-state index is 12.4. The lowest BCUT2D eigenvalue weighted by Gasteiger charge is -2.22. The number of imide groups is 1. The molecule has 3 aliphatic rings. The molecule has 1 aromatic carbocycles. The van der Waals surface area contributed by atoms with E-state index in [1.165, 1.54) is 4.90 Å². The zero-order valence-corrected chi connectivity index (χ0v) is 15.0. The van der Waals surface area contributed by atoms with Gasteiger partial charge in [0, 0.05) is 37.8 Å². The molecule has 1 atom stereocenters. The first-order valence-electron chi connectivity index (χ1n) is 8.98. The third-order valence-electron chi connectivity index (χ3n) is 4.79. The maximum atomic E-state index is 12.4. The lowest BCUT2D eigenvalue weighted by Crippen LogP contribution is -2.38. The highest BCUT2D eigenvalue weighted by atomic mass is 16.6. The molecule has 0 saturated carbocycles. The Bertz CT molecular complexity index is 840. The monoisotopic (exact) mass is 389 g/mol. The predicted octanol–water partition coefficient (Wildman–Crippen LogP) is -0.0943. The molecule has 2 fully saturated rings. The topological polar surface area (TPSA) is 114 Å². The van der Waals surface area contributed by atoms with Gasteiger partial charge in [-0.3, -0.25) is 19.3 Å². The molecule has 2 saturated heterocycles. The summed E-state index contributed by atoms with van der Waals surface area (Å²) in [5, 5.41) is 2.50. The molecule has 10 nitrogen and oxygen atoms in total. The minimum atomic E-state index is -0.680. The first-order valence-corrected chi connectivity index (χ1v) is 8.98. The van der Waals surface area contributed by atoms with Crippen molar-refractivity contribution in [3.8, 4) is 11.5 Å². The summed E-state index contributed by atoms with van der Waals surface area (Å²) in [6, 6.07) is 4.66. The Kier molecular flexibility index (Phi) is 4.76. The highest BCUT2D eigenvalue weighted by Crippen LogP contribution is 2.36. The van der Waals surface area contributed by atoms with Crippen LogP contribution in [0.15, 0.2) is 18.2 Å². The summed E-state index contributed by atoms with van der Waals surface area (Å²) in [4.78, 5) is 50.5. The minimum absolute atomic E-state index is 0.00827. The molecule has 148 valence electrons. The van der Waals surface area contributed by atoms with Crippen LogP contribution in [0.3, 0.4) is 0 Å². The van der Waals surface area contributed by atoms with Gasteiger partial charge in [0.05, 0.1) is 5.92 Å². The first kappa shape index (κ1) is 18.1. The lowest BCUT2D eigenvalue weighted by molar-refractivity contribution is -0.154. The van der Waals surface area contributed by atoms with Gasteiger partial charge in [0.15, 0.2) is 18.1 Å².